The van der Waals surface area contributed by atoms with Crippen LogP contribution in [0.1, 0.15) is 0 Å². The van der Waals surface area contributed by atoms with Crippen LogP contribution in [0.2, 0.25) is 10.0 Å². The van der Waals surface area contributed by atoms with E-state index in [4.69, 9.17) is 37.4 Å². The summed E-state index contributed by atoms with van der Waals surface area (Å²) in [6.07, 6.45) is -6.03. The van der Waals surface area contributed by atoms with Crippen molar-refractivity contribution in [3.8, 4) is 11.5 Å². The van der Waals surface area contributed by atoms with Gasteiger partial charge in [0.1, 0.15) is 43.2 Å². The van der Waals surface area contributed by atoms with E-state index in [0.29, 0.717) is 38.2 Å². The van der Waals surface area contributed by atoms with E-state index in [2.05, 4.69) is 15.3 Å². The van der Waals surface area contributed by atoms with Crippen molar-refractivity contribution in [1.82, 2.24) is 9.97 Å². The Morgan fingerprint density at radius 2 is 1.76 bits per heavy atom. The molecular weight excluding hydrogens is 477 g/mol. The van der Waals surface area contributed by atoms with Crippen molar-refractivity contribution >= 4 is 45.6 Å². The Kier molecular flexibility index (Phi) is 7.05. The fraction of sp³-hybridized carbons (Fsp3) is 0.333. The van der Waals surface area contributed by atoms with E-state index < -0.39 is 30.7 Å². The first-order chi connectivity index (χ1) is 15.8. The van der Waals surface area contributed by atoms with Crippen LogP contribution in [0.15, 0.2) is 36.7 Å². The third-order valence-corrected chi connectivity index (χ3v) is 5.93. The highest BCUT2D eigenvalue weighted by molar-refractivity contribution is 6.42. The molecule has 3 aromatic rings. The Bertz CT molecular complexity index is 1150. The van der Waals surface area contributed by atoms with Gasteiger partial charge < -0.3 is 40.0 Å². The van der Waals surface area contributed by atoms with Crippen LogP contribution in [0.4, 0.5) is 11.5 Å². The van der Waals surface area contributed by atoms with E-state index in [0.717, 1.165) is 0 Å². The predicted molar refractivity (Wildman–Crippen MR) is 120 cm³/mol. The Balaban J connectivity index is 1.58. The Morgan fingerprint density at radius 3 is 2.48 bits per heavy atom. The molecule has 5 atom stereocenters. The smallest absolute Gasteiger partial charge is 0.184 e. The van der Waals surface area contributed by atoms with Gasteiger partial charge in [-0.2, -0.15) is 0 Å². The maximum Gasteiger partial charge on any atom is 0.184 e. The summed E-state index contributed by atoms with van der Waals surface area (Å²) in [5.74, 6) is 1.13. The van der Waals surface area contributed by atoms with Crippen LogP contribution in [0.5, 0.6) is 11.5 Å². The average molecular weight is 498 g/mol. The lowest BCUT2D eigenvalue weighted by Crippen LogP contribution is -2.58. The number of benzene rings is 2. The molecule has 10 nitrogen and oxygen atoms in total. The van der Waals surface area contributed by atoms with Crippen LogP contribution >= 0.6 is 23.2 Å². The second-order valence-electron chi connectivity index (χ2n) is 7.34. The molecule has 33 heavy (non-hydrogen) atoms. The summed E-state index contributed by atoms with van der Waals surface area (Å²) >= 11 is 12.1. The molecule has 1 aliphatic heterocycles. The molecule has 0 spiro atoms. The van der Waals surface area contributed by atoms with Crippen LogP contribution in [0.25, 0.3) is 10.9 Å². The normalized spacial score (nSPS) is 25.1. The molecule has 0 saturated carbocycles. The maximum atomic E-state index is 10.1. The second-order valence-corrected chi connectivity index (χ2v) is 8.16. The zero-order chi connectivity index (χ0) is 23.7. The number of fused-ring (bicyclic) bond motifs is 1. The molecule has 0 radical (unpaired) electrons. The molecular formula is C21H21Cl2N3O7. The van der Waals surface area contributed by atoms with E-state index >= 15 is 0 Å². The van der Waals surface area contributed by atoms with Crippen LogP contribution in [0, 0.1) is 0 Å². The second kappa shape index (κ2) is 9.82. The highest BCUT2D eigenvalue weighted by Gasteiger charge is 2.43. The zero-order valence-corrected chi connectivity index (χ0v) is 18.7. The Hall–Kier alpha value is -2.44. The monoisotopic (exact) mass is 497 g/mol. The first-order valence-corrected chi connectivity index (χ1v) is 10.6. The predicted octanol–water partition coefficient (Wildman–Crippen LogP) is 1.87. The molecule has 5 N–H and O–H groups in total. The van der Waals surface area contributed by atoms with E-state index in [1.54, 1.807) is 30.3 Å². The summed E-state index contributed by atoms with van der Waals surface area (Å²) in [6, 6.07) is 8.38. The third kappa shape index (κ3) is 4.92. The maximum absolute atomic E-state index is 10.1. The summed E-state index contributed by atoms with van der Waals surface area (Å²) in [4.78, 5) is 8.55. The van der Waals surface area contributed by atoms with Crippen LogP contribution in [0.3, 0.4) is 0 Å². The topological polar surface area (TPSA) is 146 Å². The highest BCUT2D eigenvalue weighted by Crippen LogP contribution is 2.36. The number of aromatic nitrogens is 2. The number of aliphatic hydroxyl groups is 4. The molecule has 0 amide bonds. The molecule has 176 valence electrons. The molecule has 0 aliphatic carbocycles. The zero-order valence-electron chi connectivity index (χ0n) is 17.2. The van der Waals surface area contributed by atoms with Crippen molar-refractivity contribution in [1.29, 1.82) is 0 Å². The van der Waals surface area contributed by atoms with E-state index in [9.17, 15) is 20.4 Å². The van der Waals surface area contributed by atoms with Gasteiger partial charge in [-0.1, -0.05) is 23.2 Å². The van der Waals surface area contributed by atoms with Crippen molar-refractivity contribution in [2.24, 2.45) is 0 Å². The fourth-order valence-corrected chi connectivity index (χ4v) is 3.69. The lowest BCUT2D eigenvalue weighted by atomic mass is 9.99. The largest absolute Gasteiger partial charge is 0.493 e. The van der Waals surface area contributed by atoms with Crippen molar-refractivity contribution in [2.75, 3.05) is 19.0 Å². The minimum atomic E-state index is -1.65. The number of methoxy groups -OCH3 is 1. The Morgan fingerprint density at radius 1 is 0.970 bits per heavy atom. The van der Waals surface area contributed by atoms with E-state index in [-0.39, 0.29) is 12.4 Å². The van der Waals surface area contributed by atoms with Crippen molar-refractivity contribution in [3.05, 3.63) is 46.7 Å². The van der Waals surface area contributed by atoms with Crippen molar-refractivity contribution in [3.63, 3.8) is 0 Å². The number of aliphatic hydroxyl groups excluding tert-OH is 4. The number of hydrogen-bond acceptors (Lipinski definition) is 10. The number of nitrogens with one attached hydrogen (secondary N) is 1. The molecule has 0 bridgehead atoms. The van der Waals surface area contributed by atoms with Gasteiger partial charge in [-0.05, 0) is 24.3 Å². The molecule has 4 rings (SSSR count). The first-order valence-electron chi connectivity index (χ1n) is 9.84. The van der Waals surface area contributed by atoms with Gasteiger partial charge in [-0.15, -0.1) is 0 Å². The number of halogens is 2. The lowest BCUT2D eigenvalue weighted by Gasteiger charge is -2.38. The molecule has 1 saturated heterocycles. The quantitative estimate of drug-likeness (QED) is 0.341. The first kappa shape index (κ1) is 23.7. The van der Waals surface area contributed by atoms with Gasteiger partial charge in [0.15, 0.2) is 17.8 Å². The van der Waals surface area contributed by atoms with E-state index in [1.807, 2.05) is 0 Å². The van der Waals surface area contributed by atoms with Gasteiger partial charge in [0.2, 0.25) is 0 Å². The van der Waals surface area contributed by atoms with Gasteiger partial charge in [0.05, 0.1) is 22.7 Å². The average Bonchev–Trinajstić information content (AvgIpc) is 2.81. The molecule has 0 unspecified atom stereocenters. The summed E-state index contributed by atoms with van der Waals surface area (Å²) < 4.78 is 16.3. The number of nitrogens with zero attached hydrogens (tertiary/aromatic N) is 2. The standard InChI is InChI=1S/C21H21Cl2N3O7/c1-31-14-5-10-13(24-8-25-20(10)26-9-2-3-11(22)12(23)4-9)6-15(14)32-7-16-17(27)18(28)19(29)21(30)33-16/h2-6,8,16-19,21,27-30H,7H2,1H3,(H,24,25,26)/t16-,17-,18+,19-,21+/m1/s1. The van der Waals surface area contributed by atoms with Gasteiger partial charge in [-0.3, -0.25) is 0 Å². The molecule has 1 aromatic heterocycles. The van der Waals surface area contributed by atoms with Gasteiger partial charge in [0.25, 0.3) is 0 Å². The number of anilines is 2. The summed E-state index contributed by atoms with van der Waals surface area (Å²) in [7, 11) is 1.46. The molecule has 2 aromatic carbocycles. The van der Waals surface area contributed by atoms with Crippen LogP contribution < -0.4 is 14.8 Å². The van der Waals surface area contributed by atoms with Crippen LogP contribution in [-0.2, 0) is 4.74 Å². The summed E-state index contributed by atoms with van der Waals surface area (Å²) in [5.41, 5.74) is 1.20. The van der Waals surface area contributed by atoms with Gasteiger partial charge in [-0.25, -0.2) is 9.97 Å². The fourth-order valence-electron chi connectivity index (χ4n) is 3.39. The van der Waals surface area contributed by atoms with Gasteiger partial charge >= 0.3 is 0 Å². The van der Waals surface area contributed by atoms with E-state index in [1.165, 1.54) is 13.4 Å². The lowest BCUT2D eigenvalue weighted by molar-refractivity contribution is -0.285. The number of hydrogen-bond donors (Lipinski definition) is 5. The van der Waals surface area contributed by atoms with Crippen molar-refractivity contribution in [2.45, 2.75) is 30.7 Å². The minimum absolute atomic E-state index is 0.233. The number of rotatable bonds is 6. The summed E-state index contributed by atoms with van der Waals surface area (Å²) in [6.45, 7) is -0.233. The van der Waals surface area contributed by atoms with Crippen molar-refractivity contribution < 1.29 is 34.6 Å². The molecule has 2 heterocycles. The Labute approximate surface area is 198 Å². The van der Waals surface area contributed by atoms with Crippen LogP contribution in [-0.4, -0.2) is 74.8 Å². The van der Waals surface area contributed by atoms with Gasteiger partial charge in [0, 0.05) is 17.1 Å². The summed E-state index contributed by atoms with van der Waals surface area (Å²) in [5, 5.41) is 43.9. The minimum Gasteiger partial charge on any atom is -0.493 e. The molecule has 12 heteroatoms. The molecule has 1 aliphatic rings. The SMILES string of the molecule is COc1cc2c(Nc3ccc(Cl)c(Cl)c3)ncnc2cc1OC[C@H]1O[C@H](O)[C@H](O)[C@@H](O)[C@@H]1O. The molecule has 1 fully saturated rings. The number of ether oxygens (including phenoxy) is 3. The third-order valence-electron chi connectivity index (χ3n) is 5.19. The highest BCUT2D eigenvalue weighted by atomic mass is 35.5.